The van der Waals surface area contributed by atoms with Crippen molar-refractivity contribution in [1.29, 1.82) is 5.26 Å². The zero-order chi connectivity index (χ0) is 12.3. The lowest BCUT2D eigenvalue weighted by molar-refractivity contribution is 0.286. The molecular formula is C15H20N2. The van der Waals surface area contributed by atoms with E-state index < -0.39 is 0 Å². The Morgan fingerprint density at radius 1 is 1.47 bits per heavy atom. The molecular weight excluding hydrogens is 208 g/mol. The van der Waals surface area contributed by atoms with Crippen LogP contribution in [0.1, 0.15) is 36.8 Å². The lowest BCUT2D eigenvalue weighted by Crippen LogP contribution is -2.41. The average Bonchev–Trinajstić information content (AvgIpc) is 2.26. The maximum atomic E-state index is 8.71. The Bertz CT molecular complexity index is 413. The summed E-state index contributed by atoms with van der Waals surface area (Å²) in [7, 11) is 0. The number of nitrogens with zero attached hydrogens (tertiary/aromatic N) is 1. The van der Waals surface area contributed by atoms with Crippen LogP contribution in [-0.4, -0.2) is 12.6 Å². The van der Waals surface area contributed by atoms with Crippen LogP contribution in [0, 0.1) is 24.2 Å². The molecule has 0 spiro atoms. The summed E-state index contributed by atoms with van der Waals surface area (Å²) in [5, 5.41) is 12.2. The van der Waals surface area contributed by atoms with Crippen LogP contribution in [0.2, 0.25) is 0 Å². The van der Waals surface area contributed by atoms with Crippen molar-refractivity contribution in [2.45, 2.75) is 38.6 Å². The predicted molar refractivity (Wildman–Crippen MR) is 69.7 cm³/mol. The molecule has 1 atom stereocenters. The molecule has 0 bridgehead atoms. The molecule has 17 heavy (non-hydrogen) atoms. The quantitative estimate of drug-likeness (QED) is 0.860. The van der Waals surface area contributed by atoms with E-state index in [1.807, 2.05) is 6.92 Å². The first kappa shape index (κ1) is 12.1. The highest BCUT2D eigenvalue weighted by Crippen LogP contribution is 2.37. The fraction of sp³-hybridized carbons (Fsp3) is 0.533. The number of nitriles is 1. The summed E-state index contributed by atoms with van der Waals surface area (Å²) in [6.45, 7) is 4.93. The first-order valence-electron chi connectivity index (χ1n) is 6.38. The van der Waals surface area contributed by atoms with E-state index in [4.69, 9.17) is 5.26 Å². The monoisotopic (exact) mass is 228 g/mol. The number of hydrogen-bond donors (Lipinski definition) is 1. The largest absolute Gasteiger partial charge is 0.313 e. The highest BCUT2D eigenvalue weighted by molar-refractivity contribution is 5.27. The molecule has 1 aliphatic carbocycles. The Labute approximate surface area is 104 Å². The van der Waals surface area contributed by atoms with Crippen molar-refractivity contribution in [3.05, 3.63) is 35.4 Å². The molecule has 1 saturated carbocycles. The van der Waals surface area contributed by atoms with Crippen molar-refractivity contribution in [3.8, 4) is 6.07 Å². The Hall–Kier alpha value is -1.33. The van der Waals surface area contributed by atoms with E-state index in [1.165, 1.54) is 24.0 Å². The minimum Gasteiger partial charge on any atom is -0.313 e. The standard InChI is InChI=1S/C15H20N2/c1-11-4-3-5-13(6-11)14-7-15(8-14)17-10-12(2)9-16/h3-6,12,14-15,17H,7-8,10H2,1-2H3. The number of nitrogens with one attached hydrogen (secondary N) is 1. The van der Waals surface area contributed by atoms with Gasteiger partial charge in [0.2, 0.25) is 0 Å². The highest BCUT2D eigenvalue weighted by atomic mass is 14.9. The van der Waals surface area contributed by atoms with E-state index in [-0.39, 0.29) is 5.92 Å². The third kappa shape index (κ3) is 3.08. The molecule has 1 fully saturated rings. The lowest BCUT2D eigenvalue weighted by Gasteiger charge is -2.36. The van der Waals surface area contributed by atoms with E-state index in [1.54, 1.807) is 0 Å². The molecule has 1 N–H and O–H groups in total. The second-order valence-electron chi connectivity index (χ2n) is 5.22. The maximum Gasteiger partial charge on any atom is 0.0666 e. The second-order valence-corrected chi connectivity index (χ2v) is 5.22. The zero-order valence-corrected chi connectivity index (χ0v) is 10.6. The summed E-state index contributed by atoms with van der Waals surface area (Å²) in [6.07, 6.45) is 2.42. The van der Waals surface area contributed by atoms with Crippen molar-refractivity contribution in [1.82, 2.24) is 5.32 Å². The molecule has 0 aliphatic heterocycles. The summed E-state index contributed by atoms with van der Waals surface area (Å²) < 4.78 is 0. The first-order chi connectivity index (χ1) is 8.19. The number of hydrogen-bond acceptors (Lipinski definition) is 2. The summed E-state index contributed by atoms with van der Waals surface area (Å²) in [5.41, 5.74) is 2.81. The maximum absolute atomic E-state index is 8.71. The SMILES string of the molecule is Cc1cccc(C2CC(NCC(C)C#N)C2)c1. The molecule has 2 nitrogen and oxygen atoms in total. The zero-order valence-electron chi connectivity index (χ0n) is 10.6. The fourth-order valence-corrected chi connectivity index (χ4v) is 2.37. The molecule has 1 unspecified atom stereocenters. The molecule has 1 aromatic carbocycles. The summed E-state index contributed by atoms with van der Waals surface area (Å²) >= 11 is 0. The van der Waals surface area contributed by atoms with Crippen LogP contribution in [-0.2, 0) is 0 Å². The Kier molecular flexibility index (Phi) is 3.81. The van der Waals surface area contributed by atoms with E-state index in [9.17, 15) is 0 Å². The molecule has 0 saturated heterocycles. The van der Waals surface area contributed by atoms with Gasteiger partial charge in [-0.05, 0) is 38.2 Å². The van der Waals surface area contributed by atoms with Crippen molar-refractivity contribution in [2.75, 3.05) is 6.54 Å². The van der Waals surface area contributed by atoms with E-state index in [2.05, 4.69) is 42.6 Å². The van der Waals surface area contributed by atoms with Crippen molar-refractivity contribution >= 4 is 0 Å². The summed E-state index contributed by atoms with van der Waals surface area (Å²) in [5.74, 6) is 0.831. The van der Waals surface area contributed by atoms with Crippen LogP contribution in [0.25, 0.3) is 0 Å². The Morgan fingerprint density at radius 2 is 2.24 bits per heavy atom. The fourth-order valence-electron chi connectivity index (χ4n) is 2.37. The summed E-state index contributed by atoms with van der Waals surface area (Å²) in [6, 6.07) is 11.7. The van der Waals surface area contributed by atoms with Gasteiger partial charge in [-0.25, -0.2) is 0 Å². The normalized spacial score (nSPS) is 24.8. The smallest absolute Gasteiger partial charge is 0.0666 e. The minimum atomic E-state index is 0.119. The van der Waals surface area contributed by atoms with Crippen LogP contribution in [0.3, 0.4) is 0 Å². The van der Waals surface area contributed by atoms with Gasteiger partial charge in [0, 0.05) is 12.6 Å². The van der Waals surface area contributed by atoms with Crippen molar-refractivity contribution < 1.29 is 0 Å². The molecule has 2 heteroatoms. The van der Waals surface area contributed by atoms with Gasteiger partial charge in [0.15, 0.2) is 0 Å². The highest BCUT2D eigenvalue weighted by Gasteiger charge is 2.29. The van der Waals surface area contributed by atoms with Crippen LogP contribution in [0.15, 0.2) is 24.3 Å². The van der Waals surface area contributed by atoms with Gasteiger partial charge < -0.3 is 5.32 Å². The van der Waals surface area contributed by atoms with E-state index in [0.29, 0.717) is 12.0 Å². The molecule has 1 aliphatic rings. The lowest BCUT2D eigenvalue weighted by atomic mass is 9.75. The van der Waals surface area contributed by atoms with Gasteiger partial charge in [0.1, 0.15) is 0 Å². The second kappa shape index (κ2) is 5.33. The first-order valence-corrected chi connectivity index (χ1v) is 6.38. The predicted octanol–water partition coefficient (Wildman–Crippen LogP) is 2.99. The van der Waals surface area contributed by atoms with Crippen molar-refractivity contribution in [2.24, 2.45) is 5.92 Å². The Morgan fingerprint density at radius 3 is 2.88 bits per heavy atom. The average molecular weight is 228 g/mol. The summed E-state index contributed by atoms with van der Waals surface area (Å²) in [4.78, 5) is 0. The molecule has 2 rings (SSSR count). The molecule has 0 heterocycles. The third-order valence-corrected chi connectivity index (χ3v) is 3.58. The van der Waals surface area contributed by atoms with E-state index in [0.717, 1.165) is 6.54 Å². The van der Waals surface area contributed by atoms with Gasteiger partial charge in [-0.15, -0.1) is 0 Å². The topological polar surface area (TPSA) is 35.8 Å². The third-order valence-electron chi connectivity index (χ3n) is 3.58. The van der Waals surface area contributed by atoms with E-state index >= 15 is 0 Å². The van der Waals surface area contributed by atoms with Gasteiger partial charge in [0.25, 0.3) is 0 Å². The van der Waals surface area contributed by atoms with Crippen LogP contribution in [0.5, 0.6) is 0 Å². The molecule has 90 valence electrons. The number of aryl methyl sites for hydroxylation is 1. The molecule has 0 aromatic heterocycles. The van der Waals surface area contributed by atoms with Crippen LogP contribution < -0.4 is 5.32 Å². The molecule has 0 radical (unpaired) electrons. The van der Waals surface area contributed by atoms with Gasteiger partial charge in [-0.2, -0.15) is 5.26 Å². The van der Waals surface area contributed by atoms with Gasteiger partial charge in [0.05, 0.1) is 12.0 Å². The van der Waals surface area contributed by atoms with Crippen LogP contribution >= 0.6 is 0 Å². The van der Waals surface area contributed by atoms with Gasteiger partial charge in [-0.3, -0.25) is 0 Å². The minimum absolute atomic E-state index is 0.119. The number of benzene rings is 1. The molecule has 0 amide bonds. The van der Waals surface area contributed by atoms with Crippen molar-refractivity contribution in [3.63, 3.8) is 0 Å². The van der Waals surface area contributed by atoms with Gasteiger partial charge >= 0.3 is 0 Å². The van der Waals surface area contributed by atoms with Crippen LogP contribution in [0.4, 0.5) is 0 Å². The molecule has 1 aromatic rings. The number of rotatable bonds is 4. The Balaban J connectivity index is 1.78. The van der Waals surface area contributed by atoms with Gasteiger partial charge in [-0.1, -0.05) is 29.8 Å².